The van der Waals surface area contributed by atoms with Crippen LogP contribution in [0.3, 0.4) is 0 Å². The van der Waals surface area contributed by atoms with Crippen LogP contribution in [0.4, 0.5) is 0 Å². The Balaban J connectivity index is 3.48. The van der Waals surface area contributed by atoms with E-state index in [1.807, 2.05) is 0 Å². The van der Waals surface area contributed by atoms with Crippen LogP contribution >= 0.6 is 0 Å². The molecule has 0 aliphatic heterocycles. The molecular weight excluding hydrogens is 208 g/mol. The highest BCUT2D eigenvalue weighted by molar-refractivity contribution is 4.51. The van der Waals surface area contributed by atoms with Gasteiger partial charge >= 0.3 is 0 Å². The number of rotatable bonds is 11. The lowest BCUT2D eigenvalue weighted by atomic mass is 10.2. The molecule has 0 aromatic carbocycles. The highest BCUT2D eigenvalue weighted by Crippen LogP contribution is 2.05. The molecule has 0 N–H and O–H groups in total. The molecule has 0 radical (unpaired) electrons. The Hall–Kier alpha value is -0.0800. The number of nitrogens with zero attached hydrogens (tertiary/aromatic N) is 2. The third-order valence-corrected chi connectivity index (χ3v) is 3.56. The average Bonchev–Trinajstić information content (AvgIpc) is 2.29. The van der Waals surface area contributed by atoms with Crippen molar-refractivity contribution in [3.05, 3.63) is 0 Å². The molecule has 0 heterocycles. The molecule has 0 spiro atoms. The van der Waals surface area contributed by atoms with Crippen molar-refractivity contribution < 1.29 is 4.48 Å². The smallest absolute Gasteiger partial charge is 0.0782 e. The van der Waals surface area contributed by atoms with E-state index in [-0.39, 0.29) is 0 Å². The third-order valence-electron chi connectivity index (χ3n) is 3.56. The van der Waals surface area contributed by atoms with Gasteiger partial charge < -0.3 is 9.38 Å². The van der Waals surface area contributed by atoms with E-state index in [0.29, 0.717) is 0 Å². The number of hydrogen-bond acceptors (Lipinski definition) is 1. The Kier molecular flexibility index (Phi) is 9.85. The predicted molar refractivity (Wildman–Crippen MR) is 78.4 cm³/mol. The van der Waals surface area contributed by atoms with Crippen LogP contribution in [0.2, 0.25) is 0 Å². The van der Waals surface area contributed by atoms with Crippen molar-refractivity contribution in [2.75, 3.05) is 47.3 Å². The maximum atomic E-state index is 2.48. The van der Waals surface area contributed by atoms with Gasteiger partial charge in [-0.2, -0.15) is 0 Å². The van der Waals surface area contributed by atoms with E-state index in [2.05, 4.69) is 39.9 Å². The van der Waals surface area contributed by atoms with Gasteiger partial charge in [-0.1, -0.05) is 26.7 Å². The minimum Gasteiger partial charge on any atom is -0.328 e. The first kappa shape index (κ1) is 16.9. The van der Waals surface area contributed by atoms with Crippen LogP contribution in [0.25, 0.3) is 0 Å². The predicted octanol–water partition coefficient (Wildman–Crippen LogP) is 3.38. The zero-order valence-electron chi connectivity index (χ0n) is 13.0. The lowest BCUT2D eigenvalue weighted by Crippen LogP contribution is -2.41. The molecule has 0 saturated carbocycles. The van der Waals surface area contributed by atoms with Crippen molar-refractivity contribution in [3.8, 4) is 0 Å². The molecular formula is C15H35N2+. The molecule has 0 aliphatic carbocycles. The number of quaternary nitrogens is 1. The summed E-state index contributed by atoms with van der Waals surface area (Å²) in [6.07, 6.45) is 8.06. The summed E-state index contributed by atoms with van der Waals surface area (Å²) in [4.78, 5) is 2.48. The topological polar surface area (TPSA) is 3.24 Å². The van der Waals surface area contributed by atoms with E-state index in [0.717, 1.165) is 0 Å². The van der Waals surface area contributed by atoms with Gasteiger partial charge in [-0.25, -0.2) is 0 Å². The molecule has 0 amide bonds. The molecule has 0 aromatic rings. The molecule has 0 atom stereocenters. The Morgan fingerprint density at radius 2 is 1.29 bits per heavy atom. The Bertz CT molecular complexity index is 166. The molecule has 0 fully saturated rings. The molecule has 0 saturated heterocycles. The van der Waals surface area contributed by atoms with Crippen molar-refractivity contribution in [1.29, 1.82) is 0 Å². The van der Waals surface area contributed by atoms with Crippen molar-refractivity contribution >= 4 is 0 Å². The summed E-state index contributed by atoms with van der Waals surface area (Å²) in [5.74, 6) is 0. The molecule has 0 aliphatic rings. The van der Waals surface area contributed by atoms with E-state index in [4.69, 9.17) is 0 Å². The largest absolute Gasteiger partial charge is 0.328 e. The maximum absolute atomic E-state index is 2.48. The van der Waals surface area contributed by atoms with E-state index < -0.39 is 0 Å². The van der Waals surface area contributed by atoms with Crippen molar-refractivity contribution in [2.24, 2.45) is 0 Å². The molecule has 2 nitrogen and oxygen atoms in total. The van der Waals surface area contributed by atoms with Crippen molar-refractivity contribution in [1.82, 2.24) is 4.90 Å². The van der Waals surface area contributed by atoms with Crippen LogP contribution in [0, 0.1) is 0 Å². The summed E-state index contributed by atoms with van der Waals surface area (Å²) in [5.41, 5.74) is 0. The molecule has 104 valence electrons. The summed E-state index contributed by atoms with van der Waals surface area (Å²) in [6.45, 7) is 9.76. The van der Waals surface area contributed by atoms with Gasteiger partial charge in [0.2, 0.25) is 0 Å². The van der Waals surface area contributed by atoms with E-state index >= 15 is 0 Å². The van der Waals surface area contributed by atoms with Crippen LogP contribution in [-0.2, 0) is 0 Å². The van der Waals surface area contributed by atoms with Gasteiger partial charge in [0.1, 0.15) is 0 Å². The van der Waals surface area contributed by atoms with E-state index in [9.17, 15) is 0 Å². The number of unbranched alkanes of at least 4 members (excludes halogenated alkanes) is 3. The second-order valence-corrected chi connectivity index (χ2v) is 6.10. The van der Waals surface area contributed by atoms with Gasteiger partial charge in [-0.15, -0.1) is 0 Å². The molecule has 17 heavy (non-hydrogen) atoms. The van der Waals surface area contributed by atoms with Gasteiger partial charge in [-0.3, -0.25) is 0 Å². The minimum absolute atomic E-state index is 1.20. The second-order valence-electron chi connectivity index (χ2n) is 6.10. The summed E-state index contributed by atoms with van der Waals surface area (Å²) in [6, 6.07) is 0. The summed E-state index contributed by atoms with van der Waals surface area (Å²) < 4.78 is 1.20. The zero-order valence-corrected chi connectivity index (χ0v) is 13.0. The van der Waals surface area contributed by atoms with Gasteiger partial charge in [-0.05, 0) is 45.8 Å². The van der Waals surface area contributed by atoms with Gasteiger partial charge in [0.25, 0.3) is 0 Å². The normalized spacial score (nSPS) is 12.4. The third kappa shape index (κ3) is 10.8. The first-order valence-electron chi connectivity index (χ1n) is 7.52. The minimum atomic E-state index is 1.20. The fourth-order valence-corrected chi connectivity index (χ4v) is 2.16. The fraction of sp³-hybridized carbons (Fsp3) is 1.00. The Morgan fingerprint density at radius 1 is 0.765 bits per heavy atom. The molecule has 0 unspecified atom stereocenters. The van der Waals surface area contributed by atoms with Gasteiger partial charge in [0.05, 0.1) is 27.2 Å². The standard InChI is InChI=1S/C15H35N2/c1-6-8-12-16(3)13-10-11-15-17(4,5)14-9-7-2/h6-15H2,1-5H3/q+1. The van der Waals surface area contributed by atoms with Gasteiger partial charge in [0, 0.05) is 0 Å². The molecule has 0 rings (SSSR count). The molecule has 0 bridgehead atoms. The average molecular weight is 243 g/mol. The van der Waals surface area contributed by atoms with Crippen molar-refractivity contribution in [2.45, 2.75) is 52.4 Å². The van der Waals surface area contributed by atoms with Crippen LogP contribution in [0.15, 0.2) is 0 Å². The Labute approximate surface area is 110 Å². The molecule has 2 heteroatoms. The Morgan fingerprint density at radius 3 is 1.88 bits per heavy atom. The SMILES string of the molecule is CCCCN(C)CCCC[N+](C)(C)CCCC. The summed E-state index contributed by atoms with van der Waals surface area (Å²) in [7, 11) is 7.00. The van der Waals surface area contributed by atoms with Crippen LogP contribution in [0.1, 0.15) is 52.4 Å². The highest BCUT2D eigenvalue weighted by Gasteiger charge is 2.13. The van der Waals surface area contributed by atoms with E-state index in [1.54, 1.807) is 0 Å². The van der Waals surface area contributed by atoms with Gasteiger partial charge in [0.15, 0.2) is 0 Å². The monoisotopic (exact) mass is 243 g/mol. The second kappa shape index (κ2) is 9.90. The van der Waals surface area contributed by atoms with Crippen LogP contribution < -0.4 is 0 Å². The van der Waals surface area contributed by atoms with Crippen LogP contribution in [-0.4, -0.2) is 56.7 Å². The van der Waals surface area contributed by atoms with Crippen LogP contribution in [0.5, 0.6) is 0 Å². The first-order chi connectivity index (χ1) is 8.02. The summed E-state index contributed by atoms with van der Waals surface area (Å²) in [5, 5.41) is 0. The lowest BCUT2D eigenvalue weighted by molar-refractivity contribution is -0.890. The highest BCUT2D eigenvalue weighted by atomic mass is 15.3. The molecule has 0 aromatic heterocycles. The fourth-order valence-electron chi connectivity index (χ4n) is 2.16. The summed E-state index contributed by atoms with van der Waals surface area (Å²) >= 11 is 0. The zero-order chi connectivity index (χ0) is 13.1. The van der Waals surface area contributed by atoms with E-state index in [1.165, 1.54) is 69.2 Å². The quantitative estimate of drug-likeness (QED) is 0.397. The lowest BCUT2D eigenvalue weighted by Gasteiger charge is -2.30. The number of hydrogen-bond donors (Lipinski definition) is 0. The maximum Gasteiger partial charge on any atom is 0.0782 e. The first-order valence-corrected chi connectivity index (χ1v) is 7.52. The van der Waals surface area contributed by atoms with Crippen molar-refractivity contribution in [3.63, 3.8) is 0 Å².